The second-order valence-corrected chi connectivity index (χ2v) is 5.29. The van der Waals surface area contributed by atoms with Crippen molar-refractivity contribution in [2.45, 2.75) is 19.3 Å². The molecule has 1 aromatic carbocycles. The highest BCUT2D eigenvalue weighted by Gasteiger charge is 2.18. The normalized spacial score (nSPS) is 13.8. The lowest BCUT2D eigenvalue weighted by atomic mass is 10.2. The van der Waals surface area contributed by atoms with Crippen LogP contribution >= 0.6 is 0 Å². The molecule has 0 spiro atoms. The summed E-state index contributed by atoms with van der Waals surface area (Å²) in [6.07, 6.45) is 2.28. The molecule has 0 aliphatic carbocycles. The molecular weight excluding hydrogens is 298 g/mol. The Morgan fingerprint density at radius 2 is 2.00 bits per heavy atom. The summed E-state index contributed by atoms with van der Waals surface area (Å²) in [6, 6.07) is 6.12. The van der Waals surface area contributed by atoms with Crippen LogP contribution in [0.1, 0.15) is 29.6 Å². The third-order valence-corrected chi connectivity index (χ3v) is 3.63. The van der Waals surface area contributed by atoms with Crippen molar-refractivity contribution in [3.05, 3.63) is 29.8 Å². The van der Waals surface area contributed by atoms with Gasteiger partial charge in [0.05, 0.1) is 12.7 Å². The number of esters is 1. The first kappa shape index (κ1) is 16.8. The van der Waals surface area contributed by atoms with Crippen molar-refractivity contribution < 1.29 is 19.1 Å². The van der Waals surface area contributed by atoms with Crippen molar-refractivity contribution in [1.29, 1.82) is 0 Å². The van der Waals surface area contributed by atoms with Crippen LogP contribution in [0, 0.1) is 0 Å². The number of anilines is 1. The maximum Gasteiger partial charge on any atom is 0.337 e. The highest BCUT2D eigenvalue weighted by atomic mass is 16.5. The molecule has 1 heterocycles. The van der Waals surface area contributed by atoms with E-state index in [-0.39, 0.29) is 11.9 Å². The van der Waals surface area contributed by atoms with Crippen molar-refractivity contribution in [2.24, 2.45) is 0 Å². The van der Waals surface area contributed by atoms with Gasteiger partial charge in [-0.2, -0.15) is 0 Å². The molecule has 3 amide bonds. The van der Waals surface area contributed by atoms with Crippen molar-refractivity contribution in [2.75, 3.05) is 32.1 Å². The molecule has 2 rings (SSSR count). The molecule has 0 bridgehead atoms. The number of methoxy groups -OCH3 is 1. The van der Waals surface area contributed by atoms with Crippen molar-refractivity contribution in [3.8, 4) is 0 Å². The highest BCUT2D eigenvalue weighted by Crippen LogP contribution is 2.11. The maximum absolute atomic E-state index is 11.8. The minimum Gasteiger partial charge on any atom is -0.465 e. The SMILES string of the molecule is COC(=O)c1ccc(NC(=O)NCCCN2CCCC2=O)cc1. The Kier molecular flexibility index (Phi) is 5.96. The van der Waals surface area contributed by atoms with Gasteiger partial charge in [0.1, 0.15) is 0 Å². The van der Waals surface area contributed by atoms with E-state index in [0.717, 1.165) is 19.4 Å². The first-order valence-electron chi connectivity index (χ1n) is 7.61. The second-order valence-electron chi connectivity index (χ2n) is 5.29. The van der Waals surface area contributed by atoms with E-state index in [2.05, 4.69) is 15.4 Å². The van der Waals surface area contributed by atoms with E-state index < -0.39 is 5.97 Å². The van der Waals surface area contributed by atoms with E-state index in [9.17, 15) is 14.4 Å². The van der Waals surface area contributed by atoms with Gasteiger partial charge in [-0.05, 0) is 37.1 Å². The number of ether oxygens (including phenoxy) is 1. The van der Waals surface area contributed by atoms with Crippen molar-refractivity contribution in [3.63, 3.8) is 0 Å². The third kappa shape index (κ3) is 4.98. The van der Waals surface area contributed by atoms with Crippen LogP contribution in [0.2, 0.25) is 0 Å². The van der Waals surface area contributed by atoms with Gasteiger partial charge in [-0.15, -0.1) is 0 Å². The van der Waals surface area contributed by atoms with Gasteiger partial charge in [0.25, 0.3) is 0 Å². The van der Waals surface area contributed by atoms with Gasteiger partial charge >= 0.3 is 12.0 Å². The molecule has 1 aromatic rings. The predicted molar refractivity (Wildman–Crippen MR) is 85.2 cm³/mol. The fourth-order valence-corrected chi connectivity index (χ4v) is 2.40. The van der Waals surface area contributed by atoms with Crippen LogP contribution in [0.5, 0.6) is 0 Å². The fraction of sp³-hybridized carbons (Fsp3) is 0.438. The average molecular weight is 319 g/mol. The Balaban J connectivity index is 1.68. The number of carbonyl (C=O) groups is 3. The molecule has 0 radical (unpaired) electrons. The summed E-state index contributed by atoms with van der Waals surface area (Å²) in [4.78, 5) is 36.3. The van der Waals surface area contributed by atoms with Gasteiger partial charge in [-0.3, -0.25) is 4.79 Å². The average Bonchev–Trinajstić information content (AvgIpc) is 2.96. The lowest BCUT2D eigenvalue weighted by Gasteiger charge is -2.15. The van der Waals surface area contributed by atoms with Crippen molar-refractivity contribution >= 4 is 23.6 Å². The molecule has 23 heavy (non-hydrogen) atoms. The number of nitrogens with one attached hydrogen (secondary N) is 2. The Bertz CT molecular complexity index is 571. The Morgan fingerprint density at radius 1 is 1.26 bits per heavy atom. The number of benzene rings is 1. The van der Waals surface area contributed by atoms with Crippen LogP contribution in [0.4, 0.5) is 10.5 Å². The van der Waals surface area contributed by atoms with Gasteiger partial charge in [0.2, 0.25) is 5.91 Å². The quantitative estimate of drug-likeness (QED) is 0.616. The number of urea groups is 1. The predicted octanol–water partition coefficient (Wildman–Crippen LogP) is 1.61. The van der Waals surface area contributed by atoms with Crippen LogP contribution in [0.3, 0.4) is 0 Å². The molecule has 7 heteroatoms. The molecule has 0 aromatic heterocycles. The fourth-order valence-electron chi connectivity index (χ4n) is 2.40. The van der Waals surface area contributed by atoms with Crippen LogP contribution in [-0.2, 0) is 9.53 Å². The number of carbonyl (C=O) groups excluding carboxylic acids is 3. The zero-order valence-corrected chi connectivity index (χ0v) is 13.1. The molecule has 2 N–H and O–H groups in total. The molecule has 0 atom stereocenters. The molecule has 1 fully saturated rings. The molecule has 0 unspecified atom stereocenters. The van der Waals surface area contributed by atoms with Gasteiger partial charge in [-0.1, -0.05) is 0 Å². The highest BCUT2D eigenvalue weighted by molar-refractivity contribution is 5.92. The Hall–Kier alpha value is -2.57. The molecule has 1 aliphatic rings. The summed E-state index contributed by atoms with van der Waals surface area (Å²) in [5, 5.41) is 5.42. The Morgan fingerprint density at radius 3 is 2.61 bits per heavy atom. The number of likely N-dealkylation sites (tertiary alicyclic amines) is 1. The van der Waals surface area contributed by atoms with Crippen LogP contribution < -0.4 is 10.6 Å². The second kappa shape index (κ2) is 8.17. The summed E-state index contributed by atoms with van der Waals surface area (Å²) in [7, 11) is 1.32. The van der Waals surface area contributed by atoms with E-state index in [1.807, 2.05) is 4.90 Å². The smallest absolute Gasteiger partial charge is 0.337 e. The van der Waals surface area contributed by atoms with E-state index in [4.69, 9.17) is 0 Å². The minimum absolute atomic E-state index is 0.195. The lowest BCUT2D eigenvalue weighted by molar-refractivity contribution is -0.127. The molecule has 1 aliphatic heterocycles. The number of hydrogen-bond acceptors (Lipinski definition) is 4. The van der Waals surface area contributed by atoms with Gasteiger partial charge in [0.15, 0.2) is 0 Å². The summed E-state index contributed by atoms with van der Waals surface area (Å²) in [5.41, 5.74) is 1.01. The van der Waals surface area contributed by atoms with Gasteiger partial charge in [-0.25, -0.2) is 9.59 Å². The first-order valence-corrected chi connectivity index (χ1v) is 7.61. The molecule has 1 saturated heterocycles. The van der Waals surface area contributed by atoms with E-state index in [0.29, 0.717) is 30.8 Å². The summed E-state index contributed by atoms with van der Waals surface area (Å²) in [5.74, 6) is -0.224. The molecule has 0 saturated carbocycles. The van der Waals surface area contributed by atoms with Crippen LogP contribution in [-0.4, -0.2) is 49.6 Å². The van der Waals surface area contributed by atoms with Crippen LogP contribution in [0.25, 0.3) is 0 Å². The van der Waals surface area contributed by atoms with Crippen LogP contribution in [0.15, 0.2) is 24.3 Å². The molecule has 124 valence electrons. The van der Waals surface area contributed by atoms with Crippen molar-refractivity contribution in [1.82, 2.24) is 10.2 Å². The summed E-state index contributed by atoms with van der Waals surface area (Å²) >= 11 is 0. The van der Waals surface area contributed by atoms with E-state index in [1.54, 1.807) is 24.3 Å². The summed E-state index contributed by atoms with van der Waals surface area (Å²) < 4.78 is 4.61. The maximum atomic E-state index is 11.8. The Labute approximate surface area is 135 Å². The number of nitrogens with zero attached hydrogens (tertiary/aromatic N) is 1. The number of amides is 3. The van der Waals surface area contributed by atoms with E-state index >= 15 is 0 Å². The number of rotatable bonds is 6. The zero-order valence-electron chi connectivity index (χ0n) is 13.1. The standard InChI is InChI=1S/C16H21N3O4/c1-23-15(21)12-5-7-13(8-6-12)18-16(22)17-9-3-11-19-10-2-4-14(19)20/h5-8H,2-4,9-11H2,1H3,(H2,17,18,22). The molecule has 7 nitrogen and oxygen atoms in total. The topological polar surface area (TPSA) is 87.7 Å². The summed E-state index contributed by atoms with van der Waals surface area (Å²) in [6.45, 7) is 1.99. The third-order valence-electron chi connectivity index (χ3n) is 3.63. The largest absolute Gasteiger partial charge is 0.465 e. The van der Waals surface area contributed by atoms with E-state index in [1.165, 1.54) is 7.11 Å². The minimum atomic E-state index is -0.419. The first-order chi connectivity index (χ1) is 11.1. The van der Waals surface area contributed by atoms with Gasteiger partial charge in [0, 0.05) is 31.7 Å². The molecular formula is C16H21N3O4. The lowest BCUT2D eigenvalue weighted by Crippen LogP contribution is -2.33. The monoisotopic (exact) mass is 319 g/mol. The number of hydrogen-bond donors (Lipinski definition) is 2. The zero-order chi connectivity index (χ0) is 16.7. The van der Waals surface area contributed by atoms with Gasteiger partial charge < -0.3 is 20.3 Å².